The van der Waals surface area contributed by atoms with E-state index in [-0.39, 0.29) is 18.2 Å². The van der Waals surface area contributed by atoms with Gasteiger partial charge in [0.1, 0.15) is 11.6 Å². The number of carbonyl (C=O) groups is 1. The number of aromatic nitrogens is 2. The summed E-state index contributed by atoms with van der Waals surface area (Å²) in [5.74, 6) is 0.624. The molecule has 0 spiro atoms. The molecule has 3 N–H and O–H groups in total. The number of aromatic hydroxyl groups is 1. The number of hydroxylamine groups is 1. The smallest absolute Gasteiger partial charge is 0.267 e. The molecule has 2 aliphatic heterocycles. The summed E-state index contributed by atoms with van der Waals surface area (Å²) in [4.78, 5) is 28.2. The molecule has 9 nitrogen and oxygen atoms in total. The van der Waals surface area contributed by atoms with Crippen LogP contribution in [-0.4, -0.2) is 57.9 Å². The van der Waals surface area contributed by atoms with Crippen LogP contribution in [0.3, 0.4) is 0 Å². The first kappa shape index (κ1) is 22.2. The van der Waals surface area contributed by atoms with Gasteiger partial charge in [-0.25, -0.2) is 15.3 Å². The third-order valence-corrected chi connectivity index (χ3v) is 5.45. The lowest BCUT2D eigenvalue weighted by Gasteiger charge is -2.21. The Morgan fingerprint density at radius 3 is 3.00 bits per heavy atom. The van der Waals surface area contributed by atoms with Crippen molar-refractivity contribution in [1.29, 1.82) is 0 Å². The van der Waals surface area contributed by atoms with Gasteiger partial charge in [0.2, 0.25) is 0 Å². The van der Waals surface area contributed by atoms with Gasteiger partial charge in [-0.1, -0.05) is 12.1 Å². The van der Waals surface area contributed by atoms with Gasteiger partial charge in [0.15, 0.2) is 6.29 Å². The molecular weight excluding hydrogens is 410 g/mol. The molecule has 2 fully saturated rings. The molecule has 1 amide bonds. The van der Waals surface area contributed by atoms with Gasteiger partial charge in [0.05, 0.1) is 18.1 Å². The molecule has 0 aliphatic carbocycles. The van der Waals surface area contributed by atoms with Gasteiger partial charge >= 0.3 is 0 Å². The second kappa shape index (κ2) is 11.0. The standard InChI is InChI=1S/C23H29N5O4/c29-20-5-3-4-17(12-20)15-28-10-9-19(16-28)26-21-14-24-18(13-25-21)7-8-22(30)27-32-23-6-1-2-11-31-23/h3-5,7-8,12-14,19,23,29H,1-2,6,9-11,15-16H2,(H,25,26)(H,27,30)/b8-7+/t19-,23?/m1/s1. The Hall–Kier alpha value is -3.01. The van der Waals surface area contributed by atoms with Crippen molar-refractivity contribution in [3.63, 3.8) is 0 Å². The van der Waals surface area contributed by atoms with Gasteiger partial charge < -0.3 is 15.2 Å². The Bertz CT molecular complexity index is 915. The summed E-state index contributed by atoms with van der Waals surface area (Å²) in [6.07, 6.45) is 9.69. The third-order valence-electron chi connectivity index (χ3n) is 5.45. The molecule has 170 valence electrons. The normalized spacial score (nSPS) is 21.6. The molecule has 1 aromatic carbocycles. The highest BCUT2D eigenvalue weighted by Crippen LogP contribution is 2.19. The Morgan fingerprint density at radius 2 is 2.22 bits per heavy atom. The van der Waals surface area contributed by atoms with E-state index in [0.29, 0.717) is 23.9 Å². The van der Waals surface area contributed by atoms with Crippen LogP contribution < -0.4 is 10.8 Å². The molecule has 2 aliphatic rings. The molecule has 1 aromatic heterocycles. The summed E-state index contributed by atoms with van der Waals surface area (Å²) in [6, 6.07) is 7.66. The zero-order chi connectivity index (χ0) is 22.2. The van der Waals surface area contributed by atoms with Crippen molar-refractivity contribution < 1.29 is 19.5 Å². The number of nitrogens with zero attached hydrogens (tertiary/aromatic N) is 3. The van der Waals surface area contributed by atoms with E-state index in [1.165, 1.54) is 6.08 Å². The number of anilines is 1. The number of carbonyl (C=O) groups excluding carboxylic acids is 1. The highest BCUT2D eigenvalue weighted by atomic mass is 16.8. The van der Waals surface area contributed by atoms with E-state index in [0.717, 1.165) is 50.9 Å². The molecule has 3 heterocycles. The minimum Gasteiger partial charge on any atom is -0.508 e. The maximum Gasteiger partial charge on any atom is 0.267 e. The lowest BCUT2D eigenvalue weighted by Crippen LogP contribution is -2.32. The monoisotopic (exact) mass is 439 g/mol. The van der Waals surface area contributed by atoms with Crippen LogP contribution in [0.1, 0.15) is 36.9 Å². The first-order valence-electron chi connectivity index (χ1n) is 11.0. The first-order valence-corrected chi connectivity index (χ1v) is 11.0. The molecule has 4 rings (SSSR count). The van der Waals surface area contributed by atoms with Crippen LogP contribution in [0.2, 0.25) is 0 Å². The first-order chi connectivity index (χ1) is 15.6. The van der Waals surface area contributed by atoms with Crippen molar-refractivity contribution in [1.82, 2.24) is 20.3 Å². The van der Waals surface area contributed by atoms with Crippen LogP contribution >= 0.6 is 0 Å². The number of hydrogen-bond donors (Lipinski definition) is 3. The van der Waals surface area contributed by atoms with Crippen LogP contribution in [0.5, 0.6) is 5.75 Å². The highest BCUT2D eigenvalue weighted by molar-refractivity contribution is 5.90. The number of hydrogen-bond acceptors (Lipinski definition) is 8. The number of rotatable bonds is 8. The fourth-order valence-electron chi connectivity index (χ4n) is 3.84. The van der Waals surface area contributed by atoms with Crippen LogP contribution in [0.25, 0.3) is 6.08 Å². The second-order valence-electron chi connectivity index (χ2n) is 8.08. The van der Waals surface area contributed by atoms with Gasteiger partial charge in [0.25, 0.3) is 5.91 Å². The maximum absolute atomic E-state index is 11.9. The number of benzene rings is 1. The minimum atomic E-state index is -0.377. The molecular formula is C23H29N5O4. The second-order valence-corrected chi connectivity index (χ2v) is 8.08. The van der Waals surface area contributed by atoms with E-state index >= 15 is 0 Å². The summed E-state index contributed by atoms with van der Waals surface area (Å²) in [5.41, 5.74) is 4.06. The van der Waals surface area contributed by atoms with Crippen molar-refractivity contribution in [2.24, 2.45) is 0 Å². The van der Waals surface area contributed by atoms with E-state index in [1.54, 1.807) is 30.6 Å². The van der Waals surface area contributed by atoms with Crippen LogP contribution in [0.4, 0.5) is 5.82 Å². The topological polar surface area (TPSA) is 109 Å². The number of nitrogens with one attached hydrogen (secondary N) is 2. The van der Waals surface area contributed by atoms with Crippen molar-refractivity contribution in [2.75, 3.05) is 25.0 Å². The van der Waals surface area contributed by atoms with Crippen molar-refractivity contribution in [3.8, 4) is 5.75 Å². The molecule has 2 atom stereocenters. The van der Waals surface area contributed by atoms with Crippen LogP contribution in [0.15, 0.2) is 42.7 Å². The van der Waals surface area contributed by atoms with Crippen molar-refractivity contribution in [3.05, 3.63) is 54.0 Å². The Labute approximate surface area is 187 Å². The van der Waals surface area contributed by atoms with E-state index in [1.807, 2.05) is 12.1 Å². The van der Waals surface area contributed by atoms with E-state index < -0.39 is 0 Å². The fourth-order valence-corrected chi connectivity index (χ4v) is 3.84. The van der Waals surface area contributed by atoms with Gasteiger partial charge in [0, 0.05) is 44.8 Å². The number of phenols is 1. The zero-order valence-corrected chi connectivity index (χ0v) is 17.9. The Kier molecular flexibility index (Phi) is 7.65. The summed E-state index contributed by atoms with van der Waals surface area (Å²) < 4.78 is 5.40. The van der Waals surface area contributed by atoms with E-state index in [4.69, 9.17) is 9.57 Å². The minimum absolute atomic E-state index is 0.285. The lowest BCUT2D eigenvalue weighted by molar-refractivity contribution is -0.198. The van der Waals surface area contributed by atoms with Gasteiger partial charge in [-0.3, -0.25) is 14.7 Å². The largest absolute Gasteiger partial charge is 0.508 e. The SMILES string of the molecule is O=C(/C=C/c1cnc(N[C@@H]2CCN(Cc3cccc(O)c3)C2)cn1)NOC1CCCCO1. The quantitative estimate of drug-likeness (QED) is 0.425. The summed E-state index contributed by atoms with van der Waals surface area (Å²) in [7, 11) is 0. The summed E-state index contributed by atoms with van der Waals surface area (Å²) in [5, 5.41) is 13.0. The third kappa shape index (κ3) is 6.74. The zero-order valence-electron chi connectivity index (χ0n) is 17.9. The molecule has 9 heteroatoms. The van der Waals surface area contributed by atoms with Crippen LogP contribution in [-0.2, 0) is 20.9 Å². The van der Waals surface area contributed by atoms with E-state index in [9.17, 15) is 9.90 Å². The number of likely N-dealkylation sites (tertiary alicyclic amines) is 1. The van der Waals surface area contributed by atoms with Gasteiger partial charge in [-0.15, -0.1) is 0 Å². The predicted octanol–water partition coefficient (Wildman–Crippen LogP) is 2.46. The average Bonchev–Trinajstić information content (AvgIpc) is 3.24. The highest BCUT2D eigenvalue weighted by Gasteiger charge is 2.22. The molecule has 1 unspecified atom stereocenters. The molecule has 2 saturated heterocycles. The molecule has 32 heavy (non-hydrogen) atoms. The Morgan fingerprint density at radius 1 is 1.28 bits per heavy atom. The lowest BCUT2D eigenvalue weighted by atomic mass is 10.2. The van der Waals surface area contributed by atoms with Crippen molar-refractivity contribution >= 4 is 17.8 Å². The van der Waals surface area contributed by atoms with Gasteiger partial charge in [-0.2, -0.15) is 0 Å². The van der Waals surface area contributed by atoms with Crippen LogP contribution in [0, 0.1) is 0 Å². The summed E-state index contributed by atoms with van der Waals surface area (Å²) >= 11 is 0. The fraction of sp³-hybridized carbons (Fsp3) is 0.435. The molecule has 0 saturated carbocycles. The summed E-state index contributed by atoms with van der Waals surface area (Å²) in [6.45, 7) is 3.33. The van der Waals surface area contributed by atoms with E-state index in [2.05, 4.69) is 25.7 Å². The molecule has 0 radical (unpaired) electrons. The number of amides is 1. The van der Waals surface area contributed by atoms with Crippen molar-refractivity contribution in [2.45, 2.75) is 44.6 Å². The number of ether oxygens (including phenoxy) is 1. The molecule has 2 aromatic rings. The predicted molar refractivity (Wildman–Crippen MR) is 119 cm³/mol. The Balaban J connectivity index is 1.20. The molecule has 0 bridgehead atoms. The maximum atomic E-state index is 11.9. The number of phenolic OH excluding ortho intramolecular Hbond substituents is 1. The average molecular weight is 440 g/mol. The van der Waals surface area contributed by atoms with Gasteiger partial charge in [-0.05, 0) is 43.0 Å².